The van der Waals surface area contributed by atoms with Crippen molar-refractivity contribution in [3.05, 3.63) is 71.1 Å². The fourth-order valence-corrected chi connectivity index (χ4v) is 2.77. The summed E-state index contributed by atoms with van der Waals surface area (Å²) in [7, 11) is 1.95. The highest BCUT2D eigenvalue weighted by atomic mass is 16.1. The molecule has 0 aliphatic rings. The van der Waals surface area contributed by atoms with Gasteiger partial charge >= 0.3 is 0 Å². The highest BCUT2D eigenvalue weighted by Crippen LogP contribution is 2.26. The van der Waals surface area contributed by atoms with Gasteiger partial charge in [-0.3, -0.25) is 4.79 Å². The van der Waals surface area contributed by atoms with E-state index in [-0.39, 0.29) is 5.56 Å². The van der Waals surface area contributed by atoms with E-state index in [4.69, 9.17) is 0 Å². The fraction of sp³-hybridized carbons (Fsp3) is 0.0556. The van der Waals surface area contributed by atoms with Crippen LogP contribution in [0.15, 0.2) is 65.6 Å². The van der Waals surface area contributed by atoms with Crippen molar-refractivity contribution in [3.8, 4) is 22.6 Å². The van der Waals surface area contributed by atoms with Crippen LogP contribution in [0, 0.1) is 0 Å². The molecule has 0 saturated carbocycles. The molecule has 0 unspecified atom stereocenters. The Balaban J connectivity index is 1.88. The summed E-state index contributed by atoms with van der Waals surface area (Å²) < 4.78 is 1.98. The van der Waals surface area contributed by atoms with Crippen molar-refractivity contribution in [1.82, 2.24) is 19.7 Å². The Kier molecular flexibility index (Phi) is 3.05. The van der Waals surface area contributed by atoms with Gasteiger partial charge in [0.05, 0.1) is 0 Å². The van der Waals surface area contributed by atoms with Crippen molar-refractivity contribution in [2.24, 2.45) is 7.05 Å². The molecule has 0 spiro atoms. The molecule has 0 radical (unpaired) electrons. The van der Waals surface area contributed by atoms with E-state index >= 15 is 0 Å². The van der Waals surface area contributed by atoms with Crippen molar-refractivity contribution in [2.45, 2.75) is 0 Å². The van der Waals surface area contributed by atoms with Crippen LogP contribution in [-0.2, 0) is 7.05 Å². The maximum atomic E-state index is 12.5. The van der Waals surface area contributed by atoms with Crippen molar-refractivity contribution >= 4 is 10.9 Å². The van der Waals surface area contributed by atoms with Gasteiger partial charge in [0.2, 0.25) is 0 Å². The first-order valence-corrected chi connectivity index (χ1v) is 7.31. The SMILES string of the molecule is Cn1cc(-c2nnc(-c3ccccc3)[nH]c2=O)c2ccccc21. The van der Waals surface area contributed by atoms with Gasteiger partial charge in [0, 0.05) is 35.3 Å². The van der Waals surface area contributed by atoms with Gasteiger partial charge in [0.25, 0.3) is 5.56 Å². The molecule has 0 bridgehead atoms. The zero-order chi connectivity index (χ0) is 15.8. The average molecular weight is 302 g/mol. The second-order valence-corrected chi connectivity index (χ2v) is 5.39. The topological polar surface area (TPSA) is 63.6 Å². The lowest BCUT2D eigenvalue weighted by molar-refractivity contribution is 0.950. The lowest BCUT2D eigenvalue weighted by atomic mass is 10.1. The molecule has 5 nitrogen and oxygen atoms in total. The lowest BCUT2D eigenvalue weighted by Gasteiger charge is -2.01. The van der Waals surface area contributed by atoms with Gasteiger partial charge in [-0.05, 0) is 6.07 Å². The fourth-order valence-electron chi connectivity index (χ4n) is 2.77. The summed E-state index contributed by atoms with van der Waals surface area (Å²) in [5.41, 5.74) is 2.77. The molecule has 0 aliphatic heterocycles. The lowest BCUT2D eigenvalue weighted by Crippen LogP contribution is -2.14. The molecule has 5 heteroatoms. The zero-order valence-corrected chi connectivity index (χ0v) is 12.5. The number of hydrogen-bond acceptors (Lipinski definition) is 3. The zero-order valence-electron chi connectivity index (χ0n) is 12.5. The van der Waals surface area contributed by atoms with Gasteiger partial charge in [0.1, 0.15) is 0 Å². The van der Waals surface area contributed by atoms with E-state index in [0.717, 1.165) is 22.0 Å². The third kappa shape index (κ3) is 2.23. The van der Waals surface area contributed by atoms with E-state index in [2.05, 4.69) is 15.2 Å². The molecule has 0 fully saturated rings. The monoisotopic (exact) mass is 302 g/mol. The minimum Gasteiger partial charge on any atom is -0.350 e. The van der Waals surface area contributed by atoms with Crippen molar-refractivity contribution in [1.29, 1.82) is 0 Å². The van der Waals surface area contributed by atoms with E-state index in [9.17, 15) is 4.79 Å². The van der Waals surface area contributed by atoms with Crippen LogP contribution < -0.4 is 5.56 Å². The number of benzene rings is 2. The second kappa shape index (κ2) is 5.21. The molecule has 2 aromatic heterocycles. The van der Waals surface area contributed by atoms with Crippen LogP contribution in [0.2, 0.25) is 0 Å². The predicted octanol–water partition coefficient (Wildman–Crippen LogP) is 2.99. The van der Waals surface area contributed by atoms with Crippen LogP contribution in [0.4, 0.5) is 0 Å². The number of fused-ring (bicyclic) bond motifs is 1. The largest absolute Gasteiger partial charge is 0.350 e. The quantitative estimate of drug-likeness (QED) is 0.619. The Morgan fingerprint density at radius 2 is 1.70 bits per heavy atom. The highest BCUT2D eigenvalue weighted by molar-refractivity contribution is 5.94. The molecule has 2 aromatic carbocycles. The van der Waals surface area contributed by atoms with Crippen LogP contribution in [0.1, 0.15) is 0 Å². The summed E-state index contributed by atoms with van der Waals surface area (Å²) in [5.74, 6) is 0.472. The number of para-hydroxylation sites is 1. The first kappa shape index (κ1) is 13.5. The molecule has 4 rings (SSSR count). The van der Waals surface area contributed by atoms with Crippen LogP contribution >= 0.6 is 0 Å². The molecule has 0 aliphatic carbocycles. The Morgan fingerprint density at radius 3 is 2.48 bits per heavy atom. The Labute approximate surface area is 132 Å². The number of aromatic amines is 1. The molecule has 0 amide bonds. The molecule has 4 aromatic rings. The van der Waals surface area contributed by atoms with Gasteiger partial charge in [-0.15, -0.1) is 10.2 Å². The third-order valence-corrected chi connectivity index (χ3v) is 3.90. The highest BCUT2D eigenvalue weighted by Gasteiger charge is 2.14. The summed E-state index contributed by atoms with van der Waals surface area (Å²) in [6.07, 6.45) is 1.91. The third-order valence-electron chi connectivity index (χ3n) is 3.90. The summed E-state index contributed by atoms with van der Waals surface area (Å²) in [5, 5.41) is 9.36. The van der Waals surface area contributed by atoms with Gasteiger partial charge < -0.3 is 9.55 Å². The van der Waals surface area contributed by atoms with Crippen molar-refractivity contribution in [3.63, 3.8) is 0 Å². The van der Waals surface area contributed by atoms with Gasteiger partial charge in [-0.25, -0.2) is 0 Å². The summed E-state index contributed by atoms with van der Waals surface area (Å²) >= 11 is 0. The van der Waals surface area contributed by atoms with Crippen molar-refractivity contribution < 1.29 is 0 Å². The number of hydrogen-bond donors (Lipinski definition) is 1. The second-order valence-electron chi connectivity index (χ2n) is 5.39. The Morgan fingerprint density at radius 1 is 0.957 bits per heavy atom. The molecule has 0 atom stereocenters. The van der Waals surface area contributed by atoms with Gasteiger partial charge in [0.15, 0.2) is 11.5 Å². The maximum Gasteiger partial charge on any atom is 0.278 e. The first-order chi connectivity index (χ1) is 11.2. The van der Waals surface area contributed by atoms with Crippen LogP contribution in [0.25, 0.3) is 33.5 Å². The van der Waals surface area contributed by atoms with Gasteiger partial charge in [-0.2, -0.15) is 0 Å². The number of aryl methyl sites for hydroxylation is 1. The number of H-pyrrole nitrogens is 1. The minimum atomic E-state index is -0.241. The van der Waals surface area contributed by atoms with Crippen molar-refractivity contribution in [2.75, 3.05) is 0 Å². The van der Waals surface area contributed by atoms with Crippen LogP contribution in [0.5, 0.6) is 0 Å². The average Bonchev–Trinajstić information content (AvgIpc) is 2.93. The molecular weight excluding hydrogens is 288 g/mol. The number of nitrogens with zero attached hydrogens (tertiary/aromatic N) is 3. The Bertz CT molecular complexity index is 1050. The summed E-state index contributed by atoms with van der Waals surface area (Å²) in [6, 6.07) is 17.4. The van der Waals surface area contributed by atoms with E-state index in [1.165, 1.54) is 0 Å². The van der Waals surface area contributed by atoms with E-state index in [1.807, 2.05) is 72.4 Å². The number of aromatic nitrogens is 4. The molecule has 0 saturated heterocycles. The molecule has 2 heterocycles. The summed E-state index contributed by atoms with van der Waals surface area (Å²) in [4.78, 5) is 15.3. The van der Waals surface area contributed by atoms with E-state index < -0.39 is 0 Å². The van der Waals surface area contributed by atoms with E-state index in [1.54, 1.807) is 0 Å². The number of nitrogens with one attached hydrogen (secondary N) is 1. The molecular formula is C18H14N4O. The molecule has 112 valence electrons. The van der Waals surface area contributed by atoms with Gasteiger partial charge in [-0.1, -0.05) is 48.5 Å². The standard InChI is InChI=1S/C18H14N4O/c1-22-11-14(13-9-5-6-10-15(13)22)16-18(23)19-17(21-20-16)12-7-3-2-4-8-12/h2-11H,1H3,(H,19,21,23). The summed E-state index contributed by atoms with van der Waals surface area (Å²) in [6.45, 7) is 0. The predicted molar refractivity (Wildman–Crippen MR) is 90.0 cm³/mol. The Hall–Kier alpha value is -3.21. The van der Waals surface area contributed by atoms with Crippen LogP contribution in [-0.4, -0.2) is 19.7 Å². The number of rotatable bonds is 2. The molecule has 1 N–H and O–H groups in total. The molecule has 23 heavy (non-hydrogen) atoms. The maximum absolute atomic E-state index is 12.5. The first-order valence-electron chi connectivity index (χ1n) is 7.31. The van der Waals surface area contributed by atoms with Crippen LogP contribution in [0.3, 0.4) is 0 Å². The minimum absolute atomic E-state index is 0.241. The smallest absolute Gasteiger partial charge is 0.278 e. The normalized spacial score (nSPS) is 11.0. The van der Waals surface area contributed by atoms with E-state index in [0.29, 0.717) is 11.5 Å².